The lowest BCUT2D eigenvalue weighted by Gasteiger charge is -2.19. The van der Waals surface area contributed by atoms with Crippen LogP contribution in [0.4, 0.5) is 0 Å². The van der Waals surface area contributed by atoms with Crippen LogP contribution in [0.1, 0.15) is 28.6 Å². The predicted octanol–water partition coefficient (Wildman–Crippen LogP) is 2.35. The van der Waals surface area contributed by atoms with Crippen molar-refractivity contribution in [3.05, 3.63) is 53.1 Å². The van der Waals surface area contributed by atoms with Gasteiger partial charge in [-0.1, -0.05) is 18.2 Å². The molecule has 0 bridgehead atoms. The van der Waals surface area contributed by atoms with Crippen molar-refractivity contribution in [3.63, 3.8) is 0 Å². The van der Waals surface area contributed by atoms with Gasteiger partial charge in [-0.15, -0.1) is 0 Å². The summed E-state index contributed by atoms with van der Waals surface area (Å²) in [6.07, 6.45) is 3.82. The van der Waals surface area contributed by atoms with E-state index in [2.05, 4.69) is 46.9 Å². The van der Waals surface area contributed by atoms with Gasteiger partial charge in [-0.2, -0.15) is 0 Å². The molecular formula is C14H19N3. The summed E-state index contributed by atoms with van der Waals surface area (Å²) in [5.41, 5.74) is 3.94. The van der Waals surface area contributed by atoms with Crippen molar-refractivity contribution in [2.45, 2.75) is 19.9 Å². The molecule has 0 aliphatic carbocycles. The lowest BCUT2D eigenvalue weighted by Crippen LogP contribution is -2.22. The van der Waals surface area contributed by atoms with Gasteiger partial charge >= 0.3 is 0 Å². The summed E-state index contributed by atoms with van der Waals surface area (Å²) >= 11 is 0. The zero-order chi connectivity index (χ0) is 12.4. The highest BCUT2D eigenvalue weighted by Crippen LogP contribution is 2.24. The first kappa shape index (κ1) is 11.9. The standard InChI is InChI=1S/C14H19N3/c1-10-6-5-7-12(11(10)2)13(15-3)14-16-8-9-17(14)4/h5-9,13,15H,1-4H3. The molecule has 0 radical (unpaired) electrons. The lowest BCUT2D eigenvalue weighted by atomic mass is 9.97. The minimum absolute atomic E-state index is 0.148. The van der Waals surface area contributed by atoms with Crippen LogP contribution in [-0.4, -0.2) is 16.6 Å². The summed E-state index contributed by atoms with van der Waals surface area (Å²) < 4.78 is 2.06. The van der Waals surface area contributed by atoms with Gasteiger partial charge in [0.05, 0.1) is 6.04 Å². The minimum atomic E-state index is 0.148. The second-order valence-corrected chi connectivity index (χ2v) is 4.41. The van der Waals surface area contributed by atoms with E-state index < -0.39 is 0 Å². The van der Waals surface area contributed by atoms with Crippen molar-refractivity contribution in [1.29, 1.82) is 0 Å². The summed E-state index contributed by atoms with van der Waals surface area (Å²) in [6.45, 7) is 4.31. The third kappa shape index (κ3) is 2.11. The Kier molecular flexibility index (Phi) is 3.29. The largest absolute Gasteiger partial charge is 0.336 e. The molecule has 1 unspecified atom stereocenters. The first-order valence-corrected chi connectivity index (χ1v) is 5.85. The molecule has 0 aliphatic heterocycles. The number of imidazole rings is 1. The van der Waals surface area contributed by atoms with Crippen LogP contribution in [0.3, 0.4) is 0 Å². The number of aromatic nitrogens is 2. The SMILES string of the molecule is CNC(c1cccc(C)c1C)c1nccn1C. The van der Waals surface area contributed by atoms with Crippen molar-refractivity contribution in [2.75, 3.05) is 7.05 Å². The maximum absolute atomic E-state index is 4.43. The Morgan fingerprint density at radius 3 is 2.65 bits per heavy atom. The molecule has 1 atom stereocenters. The predicted molar refractivity (Wildman–Crippen MR) is 70.0 cm³/mol. The molecule has 3 heteroatoms. The number of aryl methyl sites for hydroxylation is 2. The zero-order valence-electron chi connectivity index (χ0n) is 10.9. The highest BCUT2D eigenvalue weighted by atomic mass is 15.1. The Hall–Kier alpha value is -1.61. The summed E-state index contributed by atoms with van der Waals surface area (Å²) in [7, 11) is 4.00. The molecule has 90 valence electrons. The van der Waals surface area contributed by atoms with Gasteiger partial charge in [-0.05, 0) is 37.6 Å². The Bertz CT molecular complexity index is 514. The van der Waals surface area contributed by atoms with Gasteiger partial charge < -0.3 is 9.88 Å². The van der Waals surface area contributed by atoms with Crippen molar-refractivity contribution >= 4 is 0 Å². The molecule has 0 amide bonds. The van der Waals surface area contributed by atoms with Crippen LogP contribution in [0.25, 0.3) is 0 Å². The summed E-state index contributed by atoms with van der Waals surface area (Å²) in [4.78, 5) is 4.43. The number of nitrogens with zero attached hydrogens (tertiary/aromatic N) is 2. The Morgan fingerprint density at radius 2 is 2.06 bits per heavy atom. The van der Waals surface area contributed by atoms with Crippen molar-refractivity contribution in [1.82, 2.24) is 14.9 Å². The van der Waals surface area contributed by atoms with E-state index >= 15 is 0 Å². The molecule has 0 spiro atoms. The smallest absolute Gasteiger partial charge is 0.130 e. The maximum atomic E-state index is 4.43. The van der Waals surface area contributed by atoms with Crippen LogP contribution in [0, 0.1) is 13.8 Å². The van der Waals surface area contributed by atoms with E-state index in [0.29, 0.717) is 0 Å². The van der Waals surface area contributed by atoms with E-state index in [1.165, 1.54) is 16.7 Å². The monoisotopic (exact) mass is 229 g/mol. The van der Waals surface area contributed by atoms with E-state index in [0.717, 1.165) is 5.82 Å². The number of benzene rings is 1. The number of hydrogen-bond donors (Lipinski definition) is 1. The van der Waals surface area contributed by atoms with Crippen LogP contribution in [0.15, 0.2) is 30.6 Å². The van der Waals surface area contributed by atoms with Crippen LogP contribution < -0.4 is 5.32 Å². The second kappa shape index (κ2) is 4.72. The number of rotatable bonds is 3. The topological polar surface area (TPSA) is 29.9 Å². The van der Waals surface area contributed by atoms with Crippen LogP contribution >= 0.6 is 0 Å². The van der Waals surface area contributed by atoms with E-state index in [1.807, 2.05) is 26.5 Å². The molecule has 0 fully saturated rings. The normalized spacial score (nSPS) is 12.7. The van der Waals surface area contributed by atoms with E-state index in [-0.39, 0.29) is 6.04 Å². The fourth-order valence-corrected chi connectivity index (χ4v) is 2.17. The third-order valence-electron chi connectivity index (χ3n) is 3.36. The van der Waals surface area contributed by atoms with Crippen molar-refractivity contribution in [2.24, 2.45) is 7.05 Å². The van der Waals surface area contributed by atoms with Gasteiger partial charge in [0, 0.05) is 19.4 Å². The van der Waals surface area contributed by atoms with Gasteiger partial charge in [-0.25, -0.2) is 4.98 Å². The van der Waals surface area contributed by atoms with Crippen LogP contribution in [-0.2, 0) is 7.05 Å². The lowest BCUT2D eigenvalue weighted by molar-refractivity contribution is 0.614. The van der Waals surface area contributed by atoms with Crippen LogP contribution in [0.2, 0.25) is 0 Å². The molecule has 1 aromatic heterocycles. The number of hydrogen-bond acceptors (Lipinski definition) is 2. The van der Waals surface area contributed by atoms with Gasteiger partial charge in [-0.3, -0.25) is 0 Å². The second-order valence-electron chi connectivity index (χ2n) is 4.41. The number of nitrogens with one attached hydrogen (secondary N) is 1. The van der Waals surface area contributed by atoms with Gasteiger partial charge in [0.15, 0.2) is 0 Å². The molecule has 3 nitrogen and oxygen atoms in total. The maximum Gasteiger partial charge on any atom is 0.130 e. The molecule has 0 saturated carbocycles. The third-order valence-corrected chi connectivity index (χ3v) is 3.36. The van der Waals surface area contributed by atoms with Gasteiger partial charge in [0.1, 0.15) is 5.82 Å². The Morgan fingerprint density at radius 1 is 1.29 bits per heavy atom. The zero-order valence-corrected chi connectivity index (χ0v) is 10.9. The average molecular weight is 229 g/mol. The van der Waals surface area contributed by atoms with E-state index in [1.54, 1.807) is 0 Å². The molecule has 0 saturated heterocycles. The van der Waals surface area contributed by atoms with E-state index in [4.69, 9.17) is 0 Å². The summed E-state index contributed by atoms with van der Waals surface area (Å²) in [6, 6.07) is 6.56. The van der Waals surface area contributed by atoms with Gasteiger partial charge in [0.25, 0.3) is 0 Å². The van der Waals surface area contributed by atoms with Crippen molar-refractivity contribution < 1.29 is 0 Å². The fraction of sp³-hybridized carbons (Fsp3) is 0.357. The Balaban J connectivity index is 2.50. The molecule has 2 rings (SSSR count). The summed E-state index contributed by atoms with van der Waals surface area (Å²) in [5.74, 6) is 1.04. The Labute approximate surface area is 103 Å². The quantitative estimate of drug-likeness (QED) is 0.875. The molecule has 1 aromatic carbocycles. The average Bonchev–Trinajstić information content (AvgIpc) is 2.72. The molecular weight excluding hydrogens is 210 g/mol. The highest BCUT2D eigenvalue weighted by molar-refractivity contribution is 5.38. The molecule has 0 aliphatic rings. The molecule has 1 heterocycles. The fourth-order valence-electron chi connectivity index (χ4n) is 2.17. The first-order chi connectivity index (χ1) is 8.15. The molecule has 1 N–H and O–H groups in total. The van der Waals surface area contributed by atoms with E-state index in [9.17, 15) is 0 Å². The van der Waals surface area contributed by atoms with Crippen molar-refractivity contribution in [3.8, 4) is 0 Å². The summed E-state index contributed by atoms with van der Waals surface area (Å²) in [5, 5.41) is 3.35. The first-order valence-electron chi connectivity index (χ1n) is 5.85. The van der Waals surface area contributed by atoms with Crippen LogP contribution in [0.5, 0.6) is 0 Å². The van der Waals surface area contributed by atoms with Gasteiger partial charge in [0.2, 0.25) is 0 Å². The minimum Gasteiger partial charge on any atom is -0.336 e. The highest BCUT2D eigenvalue weighted by Gasteiger charge is 2.18. The molecule has 2 aromatic rings. The molecule has 17 heavy (non-hydrogen) atoms.